The molecule has 32 heavy (non-hydrogen) atoms. The molecule has 0 radical (unpaired) electrons. The first kappa shape index (κ1) is 21.8. The van der Waals surface area contributed by atoms with Crippen molar-refractivity contribution in [3.05, 3.63) is 72.4 Å². The van der Waals surface area contributed by atoms with Crippen molar-refractivity contribution < 1.29 is 9.53 Å². The van der Waals surface area contributed by atoms with Gasteiger partial charge in [-0.15, -0.1) is 0 Å². The fourth-order valence-electron chi connectivity index (χ4n) is 3.91. The smallest absolute Gasteiger partial charge is 0.225 e. The molecule has 1 saturated heterocycles. The Balaban J connectivity index is 1.34. The van der Waals surface area contributed by atoms with Gasteiger partial charge in [-0.1, -0.05) is 49.4 Å². The van der Waals surface area contributed by atoms with Gasteiger partial charge in [0.2, 0.25) is 5.91 Å². The van der Waals surface area contributed by atoms with E-state index < -0.39 is 0 Å². The van der Waals surface area contributed by atoms with Gasteiger partial charge in [0.25, 0.3) is 0 Å². The Kier molecular flexibility index (Phi) is 7.33. The van der Waals surface area contributed by atoms with Crippen LogP contribution >= 0.6 is 0 Å². The van der Waals surface area contributed by atoms with E-state index in [-0.39, 0.29) is 11.8 Å². The minimum Gasteiger partial charge on any atom is -0.494 e. The van der Waals surface area contributed by atoms with Crippen LogP contribution in [0.5, 0.6) is 5.75 Å². The molecule has 1 atom stereocenters. The van der Waals surface area contributed by atoms with Crippen LogP contribution < -0.4 is 15.0 Å². The summed E-state index contributed by atoms with van der Waals surface area (Å²) in [5, 5.41) is 3.10. The van der Waals surface area contributed by atoms with Crippen LogP contribution in [0.15, 0.2) is 66.9 Å². The quantitative estimate of drug-likeness (QED) is 0.571. The van der Waals surface area contributed by atoms with Crippen molar-refractivity contribution in [2.45, 2.75) is 32.7 Å². The number of amides is 1. The first-order valence-electron chi connectivity index (χ1n) is 11.4. The molecular weight excluding hydrogens is 400 g/mol. The van der Waals surface area contributed by atoms with E-state index in [1.165, 1.54) is 0 Å². The molecule has 0 saturated carbocycles. The molecule has 1 fully saturated rings. The maximum atomic E-state index is 12.8. The molecular formula is C26H30N4O2. The van der Waals surface area contributed by atoms with Crippen molar-refractivity contribution in [3.63, 3.8) is 0 Å². The topological polar surface area (TPSA) is 67.3 Å². The van der Waals surface area contributed by atoms with Crippen LogP contribution in [0.4, 0.5) is 5.82 Å². The van der Waals surface area contributed by atoms with Gasteiger partial charge in [0.1, 0.15) is 11.6 Å². The lowest BCUT2D eigenvalue weighted by Gasteiger charge is -2.33. The summed E-state index contributed by atoms with van der Waals surface area (Å²) in [5.41, 5.74) is 2.06. The average Bonchev–Trinajstić information content (AvgIpc) is 2.87. The molecule has 1 amide bonds. The Morgan fingerprint density at radius 2 is 1.94 bits per heavy atom. The Morgan fingerprint density at radius 1 is 1.12 bits per heavy atom. The van der Waals surface area contributed by atoms with Gasteiger partial charge >= 0.3 is 0 Å². The number of carbonyl (C=O) groups is 1. The summed E-state index contributed by atoms with van der Waals surface area (Å²) >= 11 is 0. The van der Waals surface area contributed by atoms with Gasteiger partial charge in [-0.25, -0.2) is 9.97 Å². The molecule has 2 heterocycles. The number of hydrogen-bond acceptors (Lipinski definition) is 5. The fourth-order valence-corrected chi connectivity index (χ4v) is 3.91. The Bertz CT molecular complexity index is 1010. The third kappa shape index (κ3) is 5.63. The first-order valence-corrected chi connectivity index (χ1v) is 11.4. The number of piperidine rings is 1. The van der Waals surface area contributed by atoms with E-state index in [0.717, 1.165) is 48.5 Å². The zero-order valence-electron chi connectivity index (χ0n) is 18.5. The molecule has 0 bridgehead atoms. The summed E-state index contributed by atoms with van der Waals surface area (Å²) in [6.07, 6.45) is 4.63. The third-order valence-electron chi connectivity index (χ3n) is 5.65. The Hall–Kier alpha value is -3.41. The highest BCUT2D eigenvalue weighted by atomic mass is 16.5. The lowest BCUT2D eigenvalue weighted by molar-refractivity contribution is -0.125. The summed E-state index contributed by atoms with van der Waals surface area (Å²) in [7, 11) is 0. The van der Waals surface area contributed by atoms with E-state index in [2.05, 4.69) is 22.1 Å². The van der Waals surface area contributed by atoms with Gasteiger partial charge in [0.05, 0.1) is 12.5 Å². The van der Waals surface area contributed by atoms with Crippen molar-refractivity contribution in [1.82, 2.24) is 15.3 Å². The van der Waals surface area contributed by atoms with Crippen molar-refractivity contribution in [2.24, 2.45) is 5.92 Å². The SMILES string of the molecule is CCCOc1ccc(CNC(=O)[C@@H]2CCCN(c3ccnc(-c4ccccc4)n3)C2)cc1. The second kappa shape index (κ2) is 10.8. The number of benzene rings is 2. The molecule has 166 valence electrons. The van der Waals surface area contributed by atoms with Crippen molar-refractivity contribution in [2.75, 3.05) is 24.6 Å². The number of carbonyl (C=O) groups excluding carboxylic acids is 1. The van der Waals surface area contributed by atoms with E-state index in [1.807, 2.05) is 60.7 Å². The van der Waals surface area contributed by atoms with Crippen molar-refractivity contribution >= 4 is 11.7 Å². The van der Waals surface area contributed by atoms with E-state index in [9.17, 15) is 4.79 Å². The second-order valence-electron chi connectivity index (χ2n) is 8.10. The van der Waals surface area contributed by atoms with Crippen molar-refractivity contribution in [1.29, 1.82) is 0 Å². The maximum Gasteiger partial charge on any atom is 0.225 e. The van der Waals surface area contributed by atoms with Crippen LogP contribution in [0.3, 0.4) is 0 Å². The number of rotatable bonds is 8. The molecule has 4 rings (SSSR count). The van der Waals surface area contributed by atoms with Gasteiger partial charge in [-0.3, -0.25) is 4.79 Å². The normalized spacial score (nSPS) is 15.9. The molecule has 2 aromatic carbocycles. The highest BCUT2D eigenvalue weighted by Gasteiger charge is 2.26. The molecule has 1 N–H and O–H groups in total. The summed E-state index contributed by atoms with van der Waals surface area (Å²) in [4.78, 5) is 24.2. The highest BCUT2D eigenvalue weighted by molar-refractivity contribution is 5.79. The summed E-state index contributed by atoms with van der Waals surface area (Å²) in [6, 6.07) is 19.8. The standard InChI is InChI=1S/C26H30N4O2/c1-2-17-32-23-12-10-20(11-13-23)18-28-26(31)22-9-6-16-30(19-22)24-14-15-27-25(29-24)21-7-4-3-5-8-21/h3-5,7-8,10-15,22H,2,6,9,16-19H2,1H3,(H,28,31)/t22-/m1/s1. The molecule has 0 unspecified atom stereocenters. The van der Waals surface area contributed by atoms with Crippen LogP contribution in [0.2, 0.25) is 0 Å². The molecule has 1 aromatic heterocycles. The van der Waals surface area contributed by atoms with Crippen LogP contribution in [-0.2, 0) is 11.3 Å². The van der Waals surface area contributed by atoms with E-state index in [4.69, 9.17) is 9.72 Å². The second-order valence-corrected chi connectivity index (χ2v) is 8.10. The predicted octanol–water partition coefficient (Wildman–Crippen LogP) is 4.47. The van der Waals surface area contributed by atoms with Gasteiger partial charge < -0.3 is 15.0 Å². The largest absolute Gasteiger partial charge is 0.494 e. The molecule has 0 spiro atoms. The van der Waals surface area contributed by atoms with Crippen molar-refractivity contribution in [3.8, 4) is 17.1 Å². The number of hydrogen-bond donors (Lipinski definition) is 1. The number of nitrogens with one attached hydrogen (secondary N) is 1. The number of aromatic nitrogens is 2. The zero-order chi connectivity index (χ0) is 22.2. The lowest BCUT2D eigenvalue weighted by Crippen LogP contribution is -2.43. The van der Waals surface area contributed by atoms with E-state index >= 15 is 0 Å². The summed E-state index contributed by atoms with van der Waals surface area (Å²) in [5.74, 6) is 2.49. The molecule has 6 heteroatoms. The van der Waals surface area contributed by atoms with Gasteiger partial charge in [0, 0.05) is 31.4 Å². The molecule has 0 aliphatic carbocycles. The number of nitrogens with zero attached hydrogens (tertiary/aromatic N) is 3. The minimum atomic E-state index is -0.0500. The number of anilines is 1. The molecule has 3 aromatic rings. The molecule has 6 nitrogen and oxygen atoms in total. The third-order valence-corrected chi connectivity index (χ3v) is 5.65. The van der Waals surface area contributed by atoms with Gasteiger partial charge in [0.15, 0.2) is 5.82 Å². The average molecular weight is 431 g/mol. The molecule has 1 aliphatic rings. The summed E-state index contributed by atoms with van der Waals surface area (Å²) in [6.45, 7) is 4.89. The van der Waals surface area contributed by atoms with Gasteiger partial charge in [-0.2, -0.15) is 0 Å². The summed E-state index contributed by atoms with van der Waals surface area (Å²) < 4.78 is 5.62. The van der Waals surface area contributed by atoms with Crippen LogP contribution in [0.25, 0.3) is 11.4 Å². The molecule has 1 aliphatic heterocycles. The fraction of sp³-hybridized carbons (Fsp3) is 0.346. The highest BCUT2D eigenvalue weighted by Crippen LogP contribution is 2.24. The van der Waals surface area contributed by atoms with E-state index in [1.54, 1.807) is 6.20 Å². The van der Waals surface area contributed by atoms with Crippen LogP contribution in [-0.4, -0.2) is 35.6 Å². The number of ether oxygens (including phenoxy) is 1. The maximum absolute atomic E-state index is 12.8. The minimum absolute atomic E-state index is 0.0500. The Morgan fingerprint density at radius 3 is 2.72 bits per heavy atom. The van der Waals surface area contributed by atoms with E-state index in [0.29, 0.717) is 25.5 Å². The van der Waals surface area contributed by atoms with Crippen LogP contribution in [0, 0.1) is 5.92 Å². The zero-order valence-corrected chi connectivity index (χ0v) is 18.5. The van der Waals surface area contributed by atoms with Gasteiger partial charge in [-0.05, 0) is 43.0 Å². The van der Waals surface area contributed by atoms with Crippen LogP contribution in [0.1, 0.15) is 31.7 Å². The predicted molar refractivity (Wildman–Crippen MR) is 126 cm³/mol. The Labute approximate surface area is 189 Å². The monoisotopic (exact) mass is 430 g/mol. The lowest BCUT2D eigenvalue weighted by atomic mass is 9.97. The first-order chi connectivity index (χ1) is 15.7.